The summed E-state index contributed by atoms with van der Waals surface area (Å²) in [5.41, 5.74) is 4.87. The Morgan fingerprint density at radius 3 is 2.35 bits per heavy atom. The number of aromatic nitrogens is 1. The first-order chi connectivity index (χ1) is 16.3. The fraction of sp³-hybridized carbons (Fsp3) is 0.231. The highest BCUT2D eigenvalue weighted by atomic mass is 19.1. The number of carbonyl (C=O) groups is 3. The van der Waals surface area contributed by atoms with Gasteiger partial charge in [-0.15, -0.1) is 0 Å². The van der Waals surface area contributed by atoms with Crippen LogP contribution in [0.3, 0.4) is 0 Å². The second-order valence-corrected chi connectivity index (χ2v) is 8.03. The Kier molecular flexibility index (Phi) is 6.40. The Morgan fingerprint density at radius 2 is 1.71 bits per heavy atom. The van der Waals surface area contributed by atoms with Crippen LogP contribution < -0.4 is 0 Å². The predicted molar refractivity (Wildman–Crippen MR) is 125 cm³/mol. The number of esters is 1. The molecule has 4 rings (SSSR count). The smallest absolute Gasteiger partial charge is 0.351 e. The van der Waals surface area contributed by atoms with E-state index in [1.165, 1.54) is 24.3 Å². The van der Waals surface area contributed by atoms with Gasteiger partial charge in [0.05, 0.1) is 18.7 Å². The molecule has 0 N–H and O–H groups in total. The number of hydrogen-bond donors (Lipinski definition) is 0. The van der Waals surface area contributed by atoms with E-state index >= 15 is 0 Å². The molecule has 3 aromatic rings. The van der Waals surface area contributed by atoms with Crippen molar-refractivity contribution in [1.82, 2.24) is 9.47 Å². The maximum Gasteiger partial charge on any atom is 0.351 e. The van der Waals surface area contributed by atoms with E-state index in [9.17, 15) is 18.8 Å². The van der Waals surface area contributed by atoms with Gasteiger partial charge in [0.2, 0.25) is 0 Å². The van der Waals surface area contributed by atoms with Crippen LogP contribution in [0.1, 0.15) is 39.8 Å². The molecule has 0 bridgehead atoms. The first-order valence-electron chi connectivity index (χ1n) is 10.9. The number of benzene rings is 2. The lowest BCUT2D eigenvalue weighted by Gasteiger charge is -2.13. The quantitative estimate of drug-likeness (QED) is 0.483. The van der Waals surface area contributed by atoms with Gasteiger partial charge in [-0.2, -0.15) is 4.99 Å². The van der Waals surface area contributed by atoms with Crippen molar-refractivity contribution in [3.8, 4) is 5.69 Å². The first-order valence-corrected chi connectivity index (χ1v) is 10.9. The Bertz CT molecular complexity index is 1290. The summed E-state index contributed by atoms with van der Waals surface area (Å²) >= 11 is 0. The molecule has 7 nitrogen and oxygen atoms in total. The second-order valence-electron chi connectivity index (χ2n) is 8.03. The fourth-order valence-electron chi connectivity index (χ4n) is 4.04. The molecule has 1 aliphatic heterocycles. The lowest BCUT2D eigenvalue weighted by molar-refractivity contribution is -0.121. The van der Waals surface area contributed by atoms with Gasteiger partial charge >= 0.3 is 12.0 Å². The highest BCUT2D eigenvalue weighted by Crippen LogP contribution is 2.24. The van der Waals surface area contributed by atoms with E-state index in [-0.39, 0.29) is 30.5 Å². The third-order valence-electron chi connectivity index (χ3n) is 5.74. The molecule has 0 saturated carbocycles. The average molecular weight is 461 g/mol. The zero-order valence-electron chi connectivity index (χ0n) is 19.2. The number of aryl methyl sites for hydroxylation is 1. The van der Waals surface area contributed by atoms with Crippen LogP contribution in [0.2, 0.25) is 0 Å². The Balaban J connectivity index is 1.52. The molecular formula is C26H24FN3O4. The number of hydrogen-bond acceptors (Lipinski definition) is 4. The van der Waals surface area contributed by atoms with Gasteiger partial charge in [0.15, 0.2) is 0 Å². The van der Waals surface area contributed by atoms with Crippen LogP contribution in [0.25, 0.3) is 5.69 Å². The molecule has 2 aromatic carbocycles. The standard InChI is InChI=1S/C26H24FN3O4/c1-4-34-25(32)19-7-11-22(12-8-19)30-16(2)13-20(17(30)3)14-23-24(31)29(26(33)28-23)15-18-5-9-21(27)10-6-18/h5-13H,4,14-15H2,1-3H3. The zero-order chi connectivity index (χ0) is 24.4. The van der Waals surface area contributed by atoms with Crippen molar-refractivity contribution in [2.75, 3.05) is 6.61 Å². The molecule has 1 aliphatic rings. The van der Waals surface area contributed by atoms with E-state index in [0.717, 1.165) is 27.5 Å². The van der Waals surface area contributed by atoms with Gasteiger partial charge in [-0.3, -0.25) is 9.69 Å². The van der Waals surface area contributed by atoms with Gasteiger partial charge in [-0.25, -0.2) is 14.0 Å². The number of urea groups is 1. The molecule has 174 valence electrons. The molecule has 0 fully saturated rings. The van der Waals surface area contributed by atoms with E-state index in [1.54, 1.807) is 19.1 Å². The Morgan fingerprint density at radius 1 is 1.03 bits per heavy atom. The number of aliphatic imine (C=N–C) groups is 1. The van der Waals surface area contributed by atoms with Crippen molar-refractivity contribution < 1.29 is 23.5 Å². The minimum absolute atomic E-state index is 0.0385. The molecule has 2 heterocycles. The first kappa shape index (κ1) is 23.1. The highest BCUT2D eigenvalue weighted by molar-refractivity contribution is 6.46. The minimum Gasteiger partial charge on any atom is -0.462 e. The molecule has 0 spiro atoms. The SMILES string of the molecule is CCOC(=O)c1ccc(-n2c(C)cc(CC3=NC(=O)N(Cc4ccc(F)cc4)C3=O)c2C)cc1. The van der Waals surface area contributed by atoms with Crippen molar-refractivity contribution in [2.45, 2.75) is 33.7 Å². The predicted octanol–water partition coefficient (Wildman–Crippen LogP) is 4.56. The third-order valence-corrected chi connectivity index (χ3v) is 5.74. The maximum absolute atomic E-state index is 13.1. The van der Waals surface area contributed by atoms with Crippen molar-refractivity contribution in [1.29, 1.82) is 0 Å². The molecule has 0 radical (unpaired) electrons. The molecule has 0 unspecified atom stereocenters. The lowest BCUT2D eigenvalue weighted by atomic mass is 10.1. The van der Waals surface area contributed by atoms with E-state index in [1.807, 2.05) is 36.6 Å². The molecule has 34 heavy (non-hydrogen) atoms. The number of ether oxygens (including phenoxy) is 1. The van der Waals surface area contributed by atoms with Gasteiger partial charge < -0.3 is 9.30 Å². The lowest BCUT2D eigenvalue weighted by Crippen LogP contribution is -2.32. The van der Waals surface area contributed by atoms with Crippen LogP contribution in [-0.2, 0) is 22.5 Å². The van der Waals surface area contributed by atoms with Crippen molar-refractivity contribution in [2.24, 2.45) is 4.99 Å². The normalized spacial score (nSPS) is 13.4. The van der Waals surface area contributed by atoms with Crippen molar-refractivity contribution in [3.63, 3.8) is 0 Å². The van der Waals surface area contributed by atoms with E-state index in [0.29, 0.717) is 17.7 Å². The van der Waals surface area contributed by atoms with E-state index < -0.39 is 11.9 Å². The number of halogens is 1. The van der Waals surface area contributed by atoms with Gasteiger partial charge in [-0.05, 0) is 74.4 Å². The number of nitrogens with zero attached hydrogens (tertiary/aromatic N) is 3. The van der Waals surface area contributed by atoms with Gasteiger partial charge in [-0.1, -0.05) is 12.1 Å². The molecule has 8 heteroatoms. The van der Waals surface area contributed by atoms with Crippen LogP contribution in [-0.4, -0.2) is 39.7 Å². The Hall–Kier alpha value is -4.07. The van der Waals surface area contributed by atoms with Crippen molar-refractivity contribution in [3.05, 3.63) is 88.5 Å². The molecule has 0 saturated heterocycles. The van der Waals surface area contributed by atoms with Gasteiger partial charge in [0.25, 0.3) is 5.91 Å². The molecule has 0 aliphatic carbocycles. The van der Waals surface area contributed by atoms with E-state index in [4.69, 9.17) is 4.74 Å². The van der Waals surface area contributed by atoms with E-state index in [2.05, 4.69) is 4.99 Å². The summed E-state index contributed by atoms with van der Waals surface area (Å²) in [6.45, 7) is 5.98. The van der Waals surface area contributed by atoms with Gasteiger partial charge in [0, 0.05) is 23.5 Å². The highest BCUT2D eigenvalue weighted by Gasteiger charge is 2.33. The fourth-order valence-corrected chi connectivity index (χ4v) is 4.04. The summed E-state index contributed by atoms with van der Waals surface area (Å²) in [6.07, 6.45) is 0.213. The second kappa shape index (κ2) is 9.43. The number of imide groups is 1. The Labute approximate surface area is 196 Å². The third kappa shape index (κ3) is 4.52. The summed E-state index contributed by atoms with van der Waals surface area (Å²) < 4.78 is 20.2. The zero-order valence-corrected chi connectivity index (χ0v) is 19.2. The van der Waals surface area contributed by atoms with Crippen LogP contribution in [0.4, 0.5) is 9.18 Å². The average Bonchev–Trinajstić information content (AvgIpc) is 3.24. The number of rotatable bonds is 7. The summed E-state index contributed by atoms with van der Waals surface area (Å²) in [7, 11) is 0. The molecule has 3 amide bonds. The van der Waals surface area contributed by atoms with Crippen LogP contribution >= 0.6 is 0 Å². The summed E-state index contributed by atoms with van der Waals surface area (Å²) in [5.74, 6) is -1.20. The maximum atomic E-state index is 13.1. The summed E-state index contributed by atoms with van der Waals surface area (Å²) in [5, 5.41) is 0. The largest absolute Gasteiger partial charge is 0.462 e. The number of amides is 3. The van der Waals surface area contributed by atoms with Gasteiger partial charge in [0.1, 0.15) is 11.5 Å². The van der Waals surface area contributed by atoms with Crippen LogP contribution in [0.15, 0.2) is 59.6 Å². The van der Waals surface area contributed by atoms with Crippen molar-refractivity contribution >= 4 is 23.6 Å². The van der Waals surface area contributed by atoms with Crippen LogP contribution in [0.5, 0.6) is 0 Å². The molecule has 1 aromatic heterocycles. The monoisotopic (exact) mass is 461 g/mol. The minimum atomic E-state index is -0.618. The summed E-state index contributed by atoms with van der Waals surface area (Å²) in [4.78, 5) is 42.2. The number of carbonyl (C=O) groups excluding carboxylic acids is 3. The summed E-state index contributed by atoms with van der Waals surface area (Å²) in [6, 6.07) is 14.1. The molecular weight excluding hydrogens is 437 g/mol. The topological polar surface area (TPSA) is 81.0 Å². The van der Waals surface area contributed by atoms with Crippen LogP contribution in [0, 0.1) is 19.7 Å². The molecule has 0 atom stereocenters.